The molecule has 2 rings (SSSR count). The maximum Gasteiger partial charge on any atom is 0.417 e. The molecule has 1 aromatic rings. The Labute approximate surface area is 120 Å². The van der Waals surface area contributed by atoms with Crippen LogP contribution in [0, 0.1) is 0 Å². The lowest BCUT2D eigenvalue weighted by atomic mass is 10.1. The summed E-state index contributed by atoms with van der Waals surface area (Å²) in [5.74, 6) is 0. The fourth-order valence-electron chi connectivity index (χ4n) is 2.46. The summed E-state index contributed by atoms with van der Waals surface area (Å²) in [4.78, 5) is 14.6. The lowest BCUT2D eigenvalue weighted by Crippen LogP contribution is -2.47. The average molecular weight is 302 g/mol. The van der Waals surface area contributed by atoms with E-state index in [1.165, 1.54) is 6.07 Å². The highest BCUT2D eigenvalue weighted by Crippen LogP contribution is 2.34. The molecular formula is C14H17F3N2O2. The molecule has 0 bridgehead atoms. The predicted molar refractivity (Wildman–Crippen MR) is 72.6 cm³/mol. The molecule has 7 heteroatoms. The van der Waals surface area contributed by atoms with Crippen LogP contribution in [0.2, 0.25) is 0 Å². The van der Waals surface area contributed by atoms with Crippen molar-refractivity contribution >= 4 is 12.0 Å². The second-order valence-corrected chi connectivity index (χ2v) is 4.94. The molecule has 0 saturated carbocycles. The number of hydrogen-bond donors (Lipinski definition) is 1. The predicted octanol–water partition coefficient (Wildman–Crippen LogP) is 1.63. The Morgan fingerprint density at radius 2 is 1.86 bits per heavy atom. The van der Waals surface area contributed by atoms with Crippen LogP contribution in [0.1, 0.15) is 15.9 Å². The molecule has 0 amide bonds. The van der Waals surface area contributed by atoms with Gasteiger partial charge in [-0.1, -0.05) is 0 Å². The molecule has 1 fully saturated rings. The number of alkyl halides is 3. The molecule has 0 aliphatic carbocycles. The van der Waals surface area contributed by atoms with E-state index in [4.69, 9.17) is 5.11 Å². The van der Waals surface area contributed by atoms with E-state index in [2.05, 4.69) is 4.90 Å². The number of carbonyl (C=O) groups is 1. The van der Waals surface area contributed by atoms with E-state index in [0.717, 1.165) is 6.07 Å². The number of anilines is 1. The molecular weight excluding hydrogens is 285 g/mol. The minimum atomic E-state index is -4.54. The van der Waals surface area contributed by atoms with Gasteiger partial charge in [0.25, 0.3) is 0 Å². The Morgan fingerprint density at radius 1 is 1.19 bits per heavy atom. The Morgan fingerprint density at radius 3 is 2.38 bits per heavy atom. The zero-order valence-corrected chi connectivity index (χ0v) is 11.4. The number of β-amino-alcohol motifs (C(OH)–C–C–N with tert-alkyl or cyclic N) is 1. The summed E-state index contributed by atoms with van der Waals surface area (Å²) in [5.41, 5.74) is -0.769. The normalized spacial score (nSPS) is 17.0. The van der Waals surface area contributed by atoms with Crippen molar-refractivity contribution in [3.63, 3.8) is 0 Å². The molecule has 1 saturated heterocycles. The van der Waals surface area contributed by atoms with Crippen LogP contribution in [0.5, 0.6) is 0 Å². The van der Waals surface area contributed by atoms with Crippen LogP contribution in [-0.2, 0) is 6.18 Å². The van der Waals surface area contributed by atoms with Crippen LogP contribution in [0.4, 0.5) is 18.9 Å². The van der Waals surface area contributed by atoms with Gasteiger partial charge in [0.2, 0.25) is 0 Å². The third kappa shape index (κ3) is 3.74. The summed E-state index contributed by atoms with van der Waals surface area (Å²) in [7, 11) is 0. The van der Waals surface area contributed by atoms with Crippen LogP contribution in [0.15, 0.2) is 18.2 Å². The second-order valence-electron chi connectivity index (χ2n) is 4.94. The molecule has 21 heavy (non-hydrogen) atoms. The van der Waals surface area contributed by atoms with Gasteiger partial charge in [0.1, 0.15) is 0 Å². The summed E-state index contributed by atoms with van der Waals surface area (Å²) in [6.45, 7) is 3.22. The third-order valence-electron chi connectivity index (χ3n) is 3.62. The van der Waals surface area contributed by atoms with Gasteiger partial charge in [0, 0.05) is 44.0 Å². The summed E-state index contributed by atoms with van der Waals surface area (Å²) in [6.07, 6.45) is -4.31. The Hall–Kier alpha value is -1.60. The molecule has 1 aliphatic heterocycles. The summed E-state index contributed by atoms with van der Waals surface area (Å²) < 4.78 is 38.8. The zero-order valence-electron chi connectivity index (χ0n) is 11.4. The number of halogens is 3. The number of rotatable bonds is 4. The van der Waals surface area contributed by atoms with Crippen molar-refractivity contribution in [2.24, 2.45) is 0 Å². The fourth-order valence-corrected chi connectivity index (χ4v) is 2.46. The third-order valence-corrected chi connectivity index (χ3v) is 3.62. The molecule has 0 unspecified atom stereocenters. The molecule has 0 aromatic heterocycles. The van der Waals surface area contributed by atoms with Gasteiger partial charge in [-0.25, -0.2) is 0 Å². The van der Waals surface area contributed by atoms with Crippen LogP contribution in [-0.4, -0.2) is 55.6 Å². The molecule has 0 radical (unpaired) electrons. The van der Waals surface area contributed by atoms with Gasteiger partial charge in [-0.05, 0) is 18.2 Å². The van der Waals surface area contributed by atoms with Crippen molar-refractivity contribution in [2.45, 2.75) is 6.18 Å². The molecule has 1 aliphatic rings. The number of benzene rings is 1. The minimum Gasteiger partial charge on any atom is -0.395 e. The van der Waals surface area contributed by atoms with Crippen LogP contribution < -0.4 is 4.90 Å². The highest BCUT2D eigenvalue weighted by Gasteiger charge is 2.34. The highest BCUT2D eigenvalue weighted by molar-refractivity contribution is 5.79. The van der Waals surface area contributed by atoms with Crippen molar-refractivity contribution in [3.8, 4) is 0 Å². The van der Waals surface area contributed by atoms with Crippen LogP contribution in [0.25, 0.3) is 0 Å². The average Bonchev–Trinajstić information content (AvgIpc) is 2.47. The highest BCUT2D eigenvalue weighted by atomic mass is 19.4. The van der Waals surface area contributed by atoms with Gasteiger partial charge in [0.15, 0.2) is 6.29 Å². The first-order valence-electron chi connectivity index (χ1n) is 6.70. The molecule has 1 heterocycles. The molecule has 0 spiro atoms. The van der Waals surface area contributed by atoms with Crippen LogP contribution in [0.3, 0.4) is 0 Å². The van der Waals surface area contributed by atoms with Crippen molar-refractivity contribution in [2.75, 3.05) is 44.2 Å². The maximum absolute atomic E-state index is 12.9. The summed E-state index contributed by atoms with van der Waals surface area (Å²) in [6, 6.07) is 3.79. The largest absolute Gasteiger partial charge is 0.417 e. The standard InChI is InChI=1S/C14H17F3N2O2/c15-14(16,17)13-9-12(2-1-11(13)10-21)19-5-3-18(4-6-19)7-8-20/h1-2,9-10,20H,3-8H2. The van der Waals surface area contributed by atoms with Gasteiger partial charge in [-0.15, -0.1) is 0 Å². The first kappa shape index (κ1) is 15.8. The fraction of sp³-hybridized carbons (Fsp3) is 0.500. The zero-order chi connectivity index (χ0) is 15.5. The summed E-state index contributed by atoms with van der Waals surface area (Å²) in [5, 5.41) is 8.87. The molecule has 4 nitrogen and oxygen atoms in total. The van der Waals surface area contributed by atoms with Gasteiger partial charge < -0.3 is 10.0 Å². The van der Waals surface area contributed by atoms with Crippen molar-refractivity contribution in [3.05, 3.63) is 29.3 Å². The van der Waals surface area contributed by atoms with E-state index < -0.39 is 11.7 Å². The van der Waals surface area contributed by atoms with E-state index in [1.54, 1.807) is 6.07 Å². The number of hydrogen-bond acceptors (Lipinski definition) is 4. The van der Waals surface area contributed by atoms with Gasteiger partial charge in [-0.3, -0.25) is 9.69 Å². The second kappa shape index (κ2) is 6.44. The number of piperazine rings is 1. The van der Waals surface area contributed by atoms with Gasteiger partial charge >= 0.3 is 6.18 Å². The quantitative estimate of drug-likeness (QED) is 0.859. The number of carbonyl (C=O) groups excluding carboxylic acids is 1. The first-order chi connectivity index (χ1) is 9.95. The van der Waals surface area contributed by atoms with Crippen molar-refractivity contribution in [1.29, 1.82) is 0 Å². The van der Waals surface area contributed by atoms with E-state index in [-0.39, 0.29) is 18.5 Å². The molecule has 1 N–H and O–H groups in total. The smallest absolute Gasteiger partial charge is 0.395 e. The number of nitrogens with zero attached hydrogens (tertiary/aromatic N) is 2. The maximum atomic E-state index is 12.9. The SMILES string of the molecule is O=Cc1ccc(N2CCN(CCO)CC2)cc1C(F)(F)F. The molecule has 0 atom stereocenters. The lowest BCUT2D eigenvalue weighted by Gasteiger charge is -2.36. The Kier molecular flexibility index (Phi) is 4.84. The number of aliphatic hydroxyl groups excluding tert-OH is 1. The van der Waals surface area contributed by atoms with E-state index in [9.17, 15) is 18.0 Å². The van der Waals surface area contributed by atoms with E-state index >= 15 is 0 Å². The topological polar surface area (TPSA) is 43.8 Å². The van der Waals surface area contributed by atoms with Gasteiger partial charge in [0.05, 0.1) is 12.2 Å². The van der Waals surface area contributed by atoms with E-state index in [0.29, 0.717) is 38.4 Å². The van der Waals surface area contributed by atoms with E-state index in [1.807, 2.05) is 4.90 Å². The van der Waals surface area contributed by atoms with Crippen molar-refractivity contribution in [1.82, 2.24) is 4.90 Å². The Bertz CT molecular complexity index is 497. The lowest BCUT2D eigenvalue weighted by molar-refractivity contribution is -0.137. The monoisotopic (exact) mass is 302 g/mol. The molecule has 1 aromatic carbocycles. The minimum absolute atomic E-state index is 0.0756. The first-order valence-corrected chi connectivity index (χ1v) is 6.70. The Balaban J connectivity index is 2.16. The van der Waals surface area contributed by atoms with Gasteiger partial charge in [-0.2, -0.15) is 13.2 Å². The van der Waals surface area contributed by atoms with Crippen LogP contribution >= 0.6 is 0 Å². The van der Waals surface area contributed by atoms with Crippen molar-refractivity contribution < 1.29 is 23.1 Å². The number of aliphatic hydroxyl groups is 1. The summed E-state index contributed by atoms with van der Waals surface area (Å²) >= 11 is 0. The number of aldehydes is 1. The molecule has 116 valence electrons.